The third-order valence-electron chi connectivity index (χ3n) is 4.47. The lowest BCUT2D eigenvalue weighted by molar-refractivity contribution is -0.655. The smallest absolute Gasteiger partial charge is 0.295 e. The van der Waals surface area contributed by atoms with E-state index in [1.807, 2.05) is 36.4 Å². The Morgan fingerprint density at radius 2 is 1.93 bits per heavy atom. The Hall–Kier alpha value is -3.35. The third-order valence-corrected chi connectivity index (χ3v) is 4.47. The fraction of sp³-hybridized carbons (Fsp3) is 0.250. The summed E-state index contributed by atoms with van der Waals surface area (Å²) >= 11 is 0. The minimum absolute atomic E-state index is 0.495. The minimum Gasteiger partial charge on any atom is -0.481 e. The summed E-state index contributed by atoms with van der Waals surface area (Å²) in [6, 6.07) is 16.1. The van der Waals surface area contributed by atoms with Crippen molar-refractivity contribution in [3.8, 4) is 5.75 Å². The molecule has 1 heterocycles. The average Bonchev–Trinajstić information content (AvgIpc) is 2.95. The van der Waals surface area contributed by atoms with Gasteiger partial charge in [0.05, 0.1) is 20.3 Å². The highest BCUT2D eigenvalue weighted by atomic mass is 16.5. The van der Waals surface area contributed by atoms with Crippen molar-refractivity contribution >= 4 is 23.2 Å². The lowest BCUT2D eigenvalue weighted by Crippen LogP contribution is -2.33. The highest BCUT2D eigenvalue weighted by Crippen LogP contribution is 2.16. The molecule has 0 spiro atoms. The molecule has 0 atom stereocenters. The second-order valence-electron chi connectivity index (χ2n) is 6.07. The first kappa shape index (κ1) is 18.4. The molecule has 0 aliphatic heterocycles. The Bertz CT molecular complexity index is 933. The van der Waals surface area contributed by atoms with E-state index in [1.165, 1.54) is 11.0 Å². The van der Waals surface area contributed by atoms with E-state index in [-0.39, 0.29) is 0 Å². The van der Waals surface area contributed by atoms with Crippen LogP contribution in [0.3, 0.4) is 0 Å². The molecule has 140 valence electrons. The molecule has 0 bridgehead atoms. The van der Waals surface area contributed by atoms with Gasteiger partial charge in [0, 0.05) is 14.1 Å². The van der Waals surface area contributed by atoms with E-state index in [4.69, 9.17) is 4.74 Å². The number of hydrazone groups is 1. The SMILES string of the molecule is CN=C(NC)N/N=C/c1ccc(OCc2n(C)c3ccccc3[n+]2C)cc1. The van der Waals surface area contributed by atoms with Gasteiger partial charge < -0.3 is 10.1 Å². The van der Waals surface area contributed by atoms with Crippen LogP contribution in [-0.4, -0.2) is 30.8 Å². The maximum atomic E-state index is 5.98. The van der Waals surface area contributed by atoms with E-state index in [0.29, 0.717) is 12.6 Å². The van der Waals surface area contributed by atoms with Crippen molar-refractivity contribution in [2.45, 2.75) is 6.61 Å². The molecule has 2 N–H and O–H groups in total. The summed E-state index contributed by atoms with van der Waals surface area (Å²) in [5.74, 6) is 2.52. The summed E-state index contributed by atoms with van der Waals surface area (Å²) in [6.45, 7) is 0.495. The molecule has 0 unspecified atom stereocenters. The maximum absolute atomic E-state index is 5.98. The number of benzene rings is 2. The molecule has 3 rings (SSSR count). The molecule has 1 aromatic heterocycles. The third kappa shape index (κ3) is 4.08. The van der Waals surface area contributed by atoms with Gasteiger partial charge in [0.25, 0.3) is 5.82 Å². The van der Waals surface area contributed by atoms with Crippen LogP contribution in [0.1, 0.15) is 11.4 Å². The first-order chi connectivity index (χ1) is 13.1. The lowest BCUT2D eigenvalue weighted by Gasteiger charge is -2.05. The zero-order valence-corrected chi connectivity index (χ0v) is 16.1. The molecule has 27 heavy (non-hydrogen) atoms. The molecular formula is C20H25N6O+. The van der Waals surface area contributed by atoms with Crippen molar-refractivity contribution in [3.63, 3.8) is 0 Å². The fourth-order valence-corrected chi connectivity index (χ4v) is 2.91. The molecule has 0 fully saturated rings. The standard InChI is InChI=1S/C20H25N6O/c1-21-20(22-2)24-23-13-15-9-11-16(12-10-15)27-14-19-25(3)17-7-5-6-8-18(17)26(19)4/h5-13H,14H2,1-4H3,(H2,21,22,24)/q+1/b23-13+. The average molecular weight is 365 g/mol. The van der Waals surface area contributed by atoms with Crippen LogP contribution in [0.5, 0.6) is 5.75 Å². The first-order valence-corrected chi connectivity index (χ1v) is 8.73. The van der Waals surface area contributed by atoms with Crippen molar-refractivity contribution in [2.24, 2.45) is 24.2 Å². The van der Waals surface area contributed by atoms with E-state index in [1.54, 1.807) is 20.3 Å². The van der Waals surface area contributed by atoms with Gasteiger partial charge in [-0.05, 0) is 42.0 Å². The van der Waals surface area contributed by atoms with Crippen LogP contribution in [-0.2, 0) is 20.7 Å². The second-order valence-corrected chi connectivity index (χ2v) is 6.07. The number of aromatic nitrogens is 2. The summed E-state index contributed by atoms with van der Waals surface area (Å²) in [7, 11) is 7.60. The number of nitrogens with one attached hydrogen (secondary N) is 2. The number of hydrogen-bond donors (Lipinski definition) is 2. The molecule has 0 aliphatic carbocycles. The number of ether oxygens (including phenoxy) is 1. The molecule has 0 amide bonds. The van der Waals surface area contributed by atoms with Gasteiger partial charge in [-0.25, -0.2) is 14.6 Å². The van der Waals surface area contributed by atoms with E-state index < -0.39 is 0 Å². The molecule has 0 saturated heterocycles. The van der Waals surface area contributed by atoms with Gasteiger partial charge in [0.2, 0.25) is 5.96 Å². The summed E-state index contributed by atoms with van der Waals surface area (Å²) in [5, 5.41) is 7.04. The van der Waals surface area contributed by atoms with Crippen LogP contribution in [0.25, 0.3) is 11.0 Å². The maximum Gasteiger partial charge on any atom is 0.295 e. The predicted octanol–water partition coefficient (Wildman–Crippen LogP) is 1.71. The number of nitrogens with zero attached hydrogens (tertiary/aromatic N) is 4. The number of guanidine groups is 1. The van der Waals surface area contributed by atoms with Crippen molar-refractivity contribution in [1.82, 2.24) is 15.3 Å². The van der Waals surface area contributed by atoms with Gasteiger partial charge in [-0.2, -0.15) is 5.10 Å². The molecule has 3 aromatic rings. The van der Waals surface area contributed by atoms with Gasteiger partial charge in [-0.15, -0.1) is 0 Å². The van der Waals surface area contributed by atoms with Gasteiger partial charge >= 0.3 is 0 Å². The van der Waals surface area contributed by atoms with E-state index in [9.17, 15) is 0 Å². The van der Waals surface area contributed by atoms with Crippen LogP contribution in [0.2, 0.25) is 0 Å². The number of rotatable bonds is 5. The molecule has 0 saturated carbocycles. The van der Waals surface area contributed by atoms with Gasteiger partial charge in [-0.3, -0.25) is 4.99 Å². The van der Waals surface area contributed by atoms with Crippen LogP contribution in [0.4, 0.5) is 0 Å². The summed E-state index contributed by atoms with van der Waals surface area (Å²) < 4.78 is 10.3. The van der Waals surface area contributed by atoms with Crippen molar-refractivity contribution in [1.29, 1.82) is 0 Å². The van der Waals surface area contributed by atoms with Crippen LogP contribution >= 0.6 is 0 Å². The highest BCUT2D eigenvalue weighted by molar-refractivity contribution is 5.83. The molecule has 0 radical (unpaired) electrons. The van der Waals surface area contributed by atoms with Gasteiger partial charge in [-0.1, -0.05) is 12.1 Å². The Labute approximate surface area is 159 Å². The molecule has 7 nitrogen and oxygen atoms in total. The van der Waals surface area contributed by atoms with Gasteiger partial charge in [0.1, 0.15) is 5.75 Å². The molecule has 0 aliphatic rings. The van der Waals surface area contributed by atoms with E-state index in [2.05, 4.69) is 56.2 Å². The molecule has 7 heteroatoms. The Morgan fingerprint density at radius 3 is 2.59 bits per heavy atom. The number of aryl methyl sites for hydroxylation is 2. The second kappa shape index (κ2) is 8.35. The first-order valence-electron chi connectivity index (χ1n) is 8.73. The number of para-hydroxylation sites is 2. The zero-order valence-electron chi connectivity index (χ0n) is 16.1. The Balaban J connectivity index is 1.65. The summed E-state index contributed by atoms with van der Waals surface area (Å²) in [4.78, 5) is 3.99. The van der Waals surface area contributed by atoms with Crippen molar-refractivity contribution in [3.05, 3.63) is 59.9 Å². The quantitative estimate of drug-likeness (QED) is 0.313. The largest absolute Gasteiger partial charge is 0.481 e. The Kier molecular flexibility index (Phi) is 5.71. The van der Waals surface area contributed by atoms with Crippen LogP contribution < -0.4 is 20.0 Å². The van der Waals surface area contributed by atoms with Crippen molar-refractivity contribution in [2.75, 3.05) is 14.1 Å². The predicted molar refractivity (Wildman–Crippen MR) is 108 cm³/mol. The minimum atomic E-state index is 0.495. The number of hydrogen-bond acceptors (Lipinski definition) is 3. The van der Waals surface area contributed by atoms with Crippen LogP contribution in [0, 0.1) is 0 Å². The Morgan fingerprint density at radius 1 is 1.19 bits per heavy atom. The van der Waals surface area contributed by atoms with Crippen molar-refractivity contribution < 1.29 is 9.30 Å². The number of imidazole rings is 1. The number of fused-ring (bicyclic) bond motifs is 1. The molecular weight excluding hydrogens is 340 g/mol. The monoisotopic (exact) mass is 365 g/mol. The molecule has 2 aromatic carbocycles. The number of aliphatic imine (C=N–C) groups is 1. The lowest BCUT2D eigenvalue weighted by atomic mass is 10.2. The van der Waals surface area contributed by atoms with E-state index >= 15 is 0 Å². The normalized spacial score (nSPS) is 11.9. The highest BCUT2D eigenvalue weighted by Gasteiger charge is 2.19. The fourth-order valence-electron chi connectivity index (χ4n) is 2.91. The van der Waals surface area contributed by atoms with E-state index in [0.717, 1.165) is 17.1 Å². The summed E-state index contributed by atoms with van der Waals surface area (Å²) in [6.07, 6.45) is 1.73. The van der Waals surface area contributed by atoms with Crippen LogP contribution in [0.15, 0.2) is 58.6 Å². The zero-order chi connectivity index (χ0) is 19.2. The van der Waals surface area contributed by atoms with Gasteiger partial charge in [0.15, 0.2) is 17.6 Å². The summed E-state index contributed by atoms with van der Waals surface area (Å²) in [5.41, 5.74) is 6.17. The topological polar surface area (TPSA) is 66.8 Å².